The summed E-state index contributed by atoms with van der Waals surface area (Å²) in [6.45, 7) is 2.01. The third-order valence-corrected chi connectivity index (χ3v) is 2.57. The van der Waals surface area contributed by atoms with Crippen molar-refractivity contribution in [3.63, 3.8) is 0 Å². The van der Waals surface area contributed by atoms with Gasteiger partial charge in [-0.2, -0.15) is 0 Å². The molecule has 4 nitrogen and oxygen atoms in total. The summed E-state index contributed by atoms with van der Waals surface area (Å²) >= 11 is 3.21. The summed E-state index contributed by atoms with van der Waals surface area (Å²) < 4.78 is 10.00. The molecule has 0 saturated carbocycles. The van der Waals surface area contributed by atoms with E-state index < -0.39 is 11.9 Å². The molecule has 0 bridgehead atoms. The van der Waals surface area contributed by atoms with E-state index in [2.05, 4.69) is 20.7 Å². The standard InChI is InChI=1S/C11H11BrO4/c1-3-16-10(13)7-4-5-9(12)8(6-7)11(14)15-2/h4-6H,3H2,1-2H3. The van der Waals surface area contributed by atoms with Crippen LogP contribution in [0.4, 0.5) is 0 Å². The van der Waals surface area contributed by atoms with Gasteiger partial charge >= 0.3 is 11.9 Å². The number of esters is 2. The third-order valence-electron chi connectivity index (χ3n) is 1.88. The average Bonchev–Trinajstić information content (AvgIpc) is 2.29. The van der Waals surface area contributed by atoms with Gasteiger partial charge in [-0.15, -0.1) is 0 Å². The van der Waals surface area contributed by atoms with Gasteiger partial charge in [-0.05, 0) is 41.1 Å². The van der Waals surface area contributed by atoms with Crippen molar-refractivity contribution in [2.45, 2.75) is 6.92 Å². The van der Waals surface area contributed by atoms with E-state index in [1.54, 1.807) is 19.1 Å². The van der Waals surface area contributed by atoms with Crippen LogP contribution in [0.15, 0.2) is 22.7 Å². The summed E-state index contributed by atoms with van der Waals surface area (Å²) in [6, 6.07) is 4.63. The van der Waals surface area contributed by atoms with Crippen LogP contribution in [0.3, 0.4) is 0 Å². The first kappa shape index (κ1) is 12.7. The lowest BCUT2D eigenvalue weighted by atomic mass is 10.1. The molecule has 1 aromatic rings. The minimum Gasteiger partial charge on any atom is -0.465 e. The zero-order chi connectivity index (χ0) is 12.1. The zero-order valence-electron chi connectivity index (χ0n) is 8.95. The second-order valence-corrected chi connectivity index (χ2v) is 3.76. The van der Waals surface area contributed by atoms with E-state index in [0.717, 1.165) is 0 Å². The summed E-state index contributed by atoms with van der Waals surface area (Å²) in [5.41, 5.74) is 0.624. The van der Waals surface area contributed by atoms with E-state index >= 15 is 0 Å². The van der Waals surface area contributed by atoms with E-state index in [-0.39, 0.29) is 0 Å². The summed E-state index contributed by atoms with van der Waals surface area (Å²) in [4.78, 5) is 22.8. The van der Waals surface area contributed by atoms with Crippen LogP contribution in [0.5, 0.6) is 0 Å². The van der Waals surface area contributed by atoms with Crippen LogP contribution >= 0.6 is 15.9 Å². The topological polar surface area (TPSA) is 52.6 Å². The van der Waals surface area contributed by atoms with Gasteiger partial charge in [0.2, 0.25) is 0 Å². The molecule has 86 valence electrons. The summed E-state index contributed by atoms with van der Waals surface area (Å²) in [5, 5.41) is 0. The van der Waals surface area contributed by atoms with Crippen molar-refractivity contribution in [1.82, 2.24) is 0 Å². The molecule has 0 radical (unpaired) electrons. The second-order valence-electron chi connectivity index (χ2n) is 2.91. The molecule has 0 atom stereocenters. The smallest absolute Gasteiger partial charge is 0.339 e. The Morgan fingerprint density at radius 2 is 2.00 bits per heavy atom. The minimum absolute atomic E-state index is 0.294. The molecule has 16 heavy (non-hydrogen) atoms. The van der Waals surface area contributed by atoms with Gasteiger partial charge in [-0.3, -0.25) is 0 Å². The molecule has 0 aliphatic heterocycles. The summed E-state index contributed by atoms with van der Waals surface area (Å²) in [6.07, 6.45) is 0. The van der Waals surface area contributed by atoms with Crippen molar-refractivity contribution in [3.05, 3.63) is 33.8 Å². The lowest BCUT2D eigenvalue weighted by molar-refractivity contribution is 0.0526. The van der Waals surface area contributed by atoms with Gasteiger partial charge < -0.3 is 9.47 Å². The molecule has 5 heteroatoms. The van der Waals surface area contributed by atoms with E-state index in [9.17, 15) is 9.59 Å². The van der Waals surface area contributed by atoms with Crippen molar-refractivity contribution in [2.75, 3.05) is 13.7 Å². The normalized spacial score (nSPS) is 9.69. The molecule has 0 aliphatic rings. The molecule has 0 unspecified atom stereocenters. The molecular weight excluding hydrogens is 276 g/mol. The maximum atomic E-state index is 11.4. The summed E-state index contributed by atoms with van der Waals surface area (Å²) in [7, 11) is 1.28. The van der Waals surface area contributed by atoms with Gasteiger partial charge in [0.15, 0.2) is 0 Å². The third kappa shape index (κ3) is 2.82. The molecule has 0 spiro atoms. The highest BCUT2D eigenvalue weighted by molar-refractivity contribution is 9.10. The van der Waals surface area contributed by atoms with Gasteiger partial charge in [-0.25, -0.2) is 9.59 Å². The molecule has 0 heterocycles. The highest BCUT2D eigenvalue weighted by Crippen LogP contribution is 2.19. The average molecular weight is 287 g/mol. The number of rotatable bonds is 3. The number of methoxy groups -OCH3 is 1. The Hall–Kier alpha value is -1.36. The first-order valence-corrected chi connectivity index (χ1v) is 5.44. The Morgan fingerprint density at radius 3 is 2.56 bits per heavy atom. The lowest BCUT2D eigenvalue weighted by Gasteiger charge is -2.05. The van der Waals surface area contributed by atoms with Crippen LogP contribution in [0, 0.1) is 0 Å². The molecule has 1 rings (SSSR count). The molecule has 0 N–H and O–H groups in total. The molecule has 1 aromatic carbocycles. The van der Waals surface area contributed by atoms with E-state index in [1.807, 2.05) is 0 Å². The largest absolute Gasteiger partial charge is 0.465 e. The first-order chi connectivity index (χ1) is 7.60. The fraction of sp³-hybridized carbons (Fsp3) is 0.273. The number of carbonyl (C=O) groups is 2. The van der Waals surface area contributed by atoms with Gasteiger partial charge in [0.05, 0.1) is 24.8 Å². The highest BCUT2D eigenvalue weighted by atomic mass is 79.9. The van der Waals surface area contributed by atoms with Crippen molar-refractivity contribution in [2.24, 2.45) is 0 Å². The van der Waals surface area contributed by atoms with Crippen LogP contribution < -0.4 is 0 Å². The molecule has 0 amide bonds. The number of ether oxygens (including phenoxy) is 2. The fourth-order valence-electron chi connectivity index (χ4n) is 1.13. The van der Waals surface area contributed by atoms with Crippen molar-refractivity contribution in [1.29, 1.82) is 0 Å². The second kappa shape index (κ2) is 5.65. The van der Waals surface area contributed by atoms with E-state index in [4.69, 9.17) is 4.74 Å². The number of hydrogen-bond acceptors (Lipinski definition) is 4. The molecule has 0 aromatic heterocycles. The van der Waals surface area contributed by atoms with Gasteiger partial charge in [0, 0.05) is 4.47 Å². The van der Waals surface area contributed by atoms with Crippen LogP contribution in [0.1, 0.15) is 27.6 Å². The first-order valence-electron chi connectivity index (χ1n) is 4.65. The molecule has 0 saturated heterocycles. The molecular formula is C11H11BrO4. The van der Waals surface area contributed by atoms with Gasteiger partial charge in [-0.1, -0.05) is 0 Å². The number of halogens is 1. The quantitative estimate of drug-likeness (QED) is 0.801. The van der Waals surface area contributed by atoms with E-state index in [1.165, 1.54) is 13.2 Å². The predicted octanol–water partition coefficient (Wildman–Crippen LogP) is 2.41. The Labute approximate surface area is 102 Å². The maximum absolute atomic E-state index is 11.4. The minimum atomic E-state index is -0.502. The summed E-state index contributed by atoms with van der Waals surface area (Å²) in [5.74, 6) is -0.960. The molecule has 0 fully saturated rings. The number of carbonyl (C=O) groups excluding carboxylic acids is 2. The van der Waals surface area contributed by atoms with Crippen LogP contribution in [-0.2, 0) is 9.47 Å². The Bertz CT molecular complexity index is 414. The van der Waals surface area contributed by atoms with Crippen molar-refractivity contribution < 1.29 is 19.1 Å². The van der Waals surface area contributed by atoms with Crippen LogP contribution in [-0.4, -0.2) is 25.7 Å². The Kier molecular flexibility index (Phi) is 4.49. The Balaban J connectivity index is 3.07. The monoisotopic (exact) mass is 286 g/mol. The number of benzene rings is 1. The van der Waals surface area contributed by atoms with Crippen molar-refractivity contribution in [3.8, 4) is 0 Å². The number of hydrogen-bond donors (Lipinski definition) is 0. The maximum Gasteiger partial charge on any atom is 0.339 e. The molecule has 0 aliphatic carbocycles. The highest BCUT2D eigenvalue weighted by Gasteiger charge is 2.14. The fourth-order valence-corrected chi connectivity index (χ4v) is 1.54. The van der Waals surface area contributed by atoms with E-state index in [0.29, 0.717) is 22.2 Å². The van der Waals surface area contributed by atoms with Crippen molar-refractivity contribution >= 4 is 27.9 Å². The zero-order valence-corrected chi connectivity index (χ0v) is 10.5. The predicted molar refractivity (Wildman–Crippen MR) is 61.4 cm³/mol. The Morgan fingerprint density at radius 1 is 1.31 bits per heavy atom. The lowest BCUT2D eigenvalue weighted by Crippen LogP contribution is -2.08. The van der Waals surface area contributed by atoms with Crippen LogP contribution in [0.2, 0.25) is 0 Å². The van der Waals surface area contributed by atoms with Crippen LogP contribution in [0.25, 0.3) is 0 Å². The van der Waals surface area contributed by atoms with Gasteiger partial charge in [0.25, 0.3) is 0 Å². The SMILES string of the molecule is CCOC(=O)c1ccc(Br)c(C(=O)OC)c1. The van der Waals surface area contributed by atoms with Gasteiger partial charge in [0.1, 0.15) is 0 Å².